The fraction of sp³-hybridized carbons (Fsp3) is 0.185. The molecule has 2 amide bonds. The molecular formula is C27H27N5O4. The highest BCUT2D eigenvalue weighted by atomic mass is 16.5. The van der Waals surface area contributed by atoms with Gasteiger partial charge in [-0.15, -0.1) is 0 Å². The molecule has 4 aromatic rings. The molecule has 2 aromatic heterocycles. The predicted octanol–water partition coefficient (Wildman–Crippen LogP) is 4.88. The van der Waals surface area contributed by atoms with Crippen molar-refractivity contribution in [2.75, 3.05) is 23.8 Å². The molecule has 0 spiro atoms. The zero-order valence-electron chi connectivity index (χ0n) is 20.3. The van der Waals surface area contributed by atoms with Crippen molar-refractivity contribution in [3.63, 3.8) is 0 Å². The largest absolute Gasteiger partial charge is 0.492 e. The van der Waals surface area contributed by atoms with E-state index in [2.05, 4.69) is 20.7 Å². The van der Waals surface area contributed by atoms with Crippen LogP contribution in [-0.4, -0.2) is 39.8 Å². The van der Waals surface area contributed by atoms with Crippen LogP contribution in [0.1, 0.15) is 40.3 Å². The standard InChI is InChI=1S/C27H27N5O4/c1-4-35-23-16-22(24(36-5-2)15-21(23)30-26(33)19-11-7-6-8-12-19)31-27(34)20-17-29-32(18(20)3)25-13-9-10-14-28-25/h6-17H,4-5H2,1-3H3,(H,30,33)(H,31,34). The Morgan fingerprint density at radius 2 is 1.47 bits per heavy atom. The average Bonchev–Trinajstić information content (AvgIpc) is 3.29. The Balaban J connectivity index is 1.63. The summed E-state index contributed by atoms with van der Waals surface area (Å²) in [5.41, 5.74) is 2.39. The summed E-state index contributed by atoms with van der Waals surface area (Å²) in [5, 5.41) is 10.1. The lowest BCUT2D eigenvalue weighted by Crippen LogP contribution is -2.16. The summed E-state index contributed by atoms with van der Waals surface area (Å²) in [6.45, 7) is 6.21. The van der Waals surface area contributed by atoms with Gasteiger partial charge in [0.25, 0.3) is 11.8 Å². The van der Waals surface area contributed by atoms with Gasteiger partial charge in [0.1, 0.15) is 11.5 Å². The Labute approximate surface area is 209 Å². The van der Waals surface area contributed by atoms with Gasteiger partial charge in [0.15, 0.2) is 5.82 Å². The van der Waals surface area contributed by atoms with Gasteiger partial charge in [0, 0.05) is 23.9 Å². The number of nitrogens with zero attached hydrogens (tertiary/aromatic N) is 3. The number of benzene rings is 2. The van der Waals surface area contributed by atoms with E-state index in [1.54, 1.807) is 54.2 Å². The second kappa shape index (κ2) is 11.2. The second-order valence-corrected chi connectivity index (χ2v) is 7.73. The number of rotatable bonds is 9. The molecular weight excluding hydrogens is 458 g/mol. The lowest BCUT2D eigenvalue weighted by atomic mass is 10.1. The number of pyridine rings is 1. The highest BCUT2D eigenvalue weighted by Gasteiger charge is 2.20. The molecule has 4 rings (SSSR count). The minimum Gasteiger partial charge on any atom is -0.492 e. The van der Waals surface area contributed by atoms with E-state index >= 15 is 0 Å². The van der Waals surface area contributed by atoms with E-state index in [4.69, 9.17) is 9.47 Å². The van der Waals surface area contributed by atoms with Gasteiger partial charge in [0.05, 0.1) is 42.0 Å². The molecule has 0 saturated carbocycles. The summed E-state index contributed by atoms with van der Waals surface area (Å²) in [7, 11) is 0. The van der Waals surface area contributed by atoms with Crippen molar-refractivity contribution < 1.29 is 19.1 Å². The number of carbonyl (C=O) groups excluding carboxylic acids is 2. The van der Waals surface area contributed by atoms with E-state index in [0.717, 1.165) is 0 Å². The first-order chi connectivity index (χ1) is 17.5. The Morgan fingerprint density at radius 3 is 2.06 bits per heavy atom. The third-order valence-electron chi connectivity index (χ3n) is 5.33. The topological polar surface area (TPSA) is 107 Å². The summed E-state index contributed by atoms with van der Waals surface area (Å²) in [4.78, 5) is 30.2. The van der Waals surface area contributed by atoms with E-state index in [1.165, 1.54) is 6.20 Å². The minimum absolute atomic E-state index is 0.284. The Kier molecular flexibility index (Phi) is 7.60. The molecule has 0 atom stereocenters. The molecule has 0 aliphatic carbocycles. The first kappa shape index (κ1) is 24.5. The maximum absolute atomic E-state index is 13.2. The maximum Gasteiger partial charge on any atom is 0.259 e. The smallest absolute Gasteiger partial charge is 0.259 e. The van der Waals surface area contributed by atoms with E-state index < -0.39 is 0 Å². The van der Waals surface area contributed by atoms with Crippen LogP contribution in [0.15, 0.2) is 73.1 Å². The molecule has 0 aliphatic heterocycles. The average molecular weight is 486 g/mol. The fourth-order valence-electron chi connectivity index (χ4n) is 3.62. The number of amides is 2. The summed E-state index contributed by atoms with van der Waals surface area (Å²) in [5.74, 6) is 0.766. The van der Waals surface area contributed by atoms with Crippen molar-refractivity contribution in [2.24, 2.45) is 0 Å². The van der Waals surface area contributed by atoms with E-state index in [0.29, 0.717) is 58.7 Å². The van der Waals surface area contributed by atoms with Crippen LogP contribution in [0, 0.1) is 6.92 Å². The van der Waals surface area contributed by atoms with Crippen LogP contribution in [-0.2, 0) is 0 Å². The number of aromatic nitrogens is 3. The van der Waals surface area contributed by atoms with Crippen molar-refractivity contribution in [2.45, 2.75) is 20.8 Å². The molecule has 0 saturated heterocycles. The van der Waals surface area contributed by atoms with Crippen molar-refractivity contribution in [3.8, 4) is 17.3 Å². The molecule has 184 valence electrons. The molecule has 2 N–H and O–H groups in total. The molecule has 9 heteroatoms. The molecule has 2 heterocycles. The van der Waals surface area contributed by atoms with Gasteiger partial charge < -0.3 is 20.1 Å². The van der Waals surface area contributed by atoms with Crippen LogP contribution in [0.4, 0.5) is 11.4 Å². The minimum atomic E-state index is -0.362. The number of nitrogens with one attached hydrogen (secondary N) is 2. The quantitative estimate of drug-likeness (QED) is 0.350. The first-order valence-electron chi connectivity index (χ1n) is 11.6. The third-order valence-corrected chi connectivity index (χ3v) is 5.33. The monoisotopic (exact) mass is 485 g/mol. The zero-order chi connectivity index (χ0) is 25.5. The van der Waals surface area contributed by atoms with Gasteiger partial charge in [-0.1, -0.05) is 24.3 Å². The van der Waals surface area contributed by atoms with Crippen LogP contribution < -0.4 is 20.1 Å². The number of anilines is 2. The summed E-state index contributed by atoms with van der Waals surface area (Å²) < 4.78 is 13.2. The molecule has 36 heavy (non-hydrogen) atoms. The van der Waals surface area contributed by atoms with Crippen LogP contribution in [0.2, 0.25) is 0 Å². The highest BCUT2D eigenvalue weighted by molar-refractivity contribution is 6.07. The van der Waals surface area contributed by atoms with Gasteiger partial charge in [-0.3, -0.25) is 9.59 Å². The van der Waals surface area contributed by atoms with E-state index in [1.807, 2.05) is 38.1 Å². The molecule has 0 fully saturated rings. The number of hydrogen-bond donors (Lipinski definition) is 2. The van der Waals surface area contributed by atoms with Gasteiger partial charge in [-0.05, 0) is 45.0 Å². The SMILES string of the molecule is CCOc1cc(NC(=O)c2cnn(-c3ccccn3)c2C)c(OCC)cc1NC(=O)c1ccccc1. The molecule has 0 radical (unpaired) electrons. The number of hydrogen-bond acceptors (Lipinski definition) is 6. The lowest BCUT2D eigenvalue weighted by molar-refractivity contribution is 0.101. The Bertz CT molecular complexity index is 1350. The predicted molar refractivity (Wildman–Crippen MR) is 137 cm³/mol. The van der Waals surface area contributed by atoms with E-state index in [-0.39, 0.29) is 11.8 Å². The van der Waals surface area contributed by atoms with Gasteiger partial charge >= 0.3 is 0 Å². The first-order valence-corrected chi connectivity index (χ1v) is 11.6. The molecule has 0 unspecified atom stereocenters. The fourth-order valence-corrected chi connectivity index (χ4v) is 3.62. The second-order valence-electron chi connectivity index (χ2n) is 7.73. The van der Waals surface area contributed by atoms with Crippen molar-refractivity contribution in [1.29, 1.82) is 0 Å². The Morgan fingerprint density at radius 1 is 0.861 bits per heavy atom. The van der Waals surface area contributed by atoms with Crippen LogP contribution in [0.3, 0.4) is 0 Å². The van der Waals surface area contributed by atoms with Gasteiger partial charge in [-0.2, -0.15) is 5.10 Å². The number of carbonyl (C=O) groups is 2. The normalized spacial score (nSPS) is 10.5. The molecule has 9 nitrogen and oxygen atoms in total. The maximum atomic E-state index is 13.2. The van der Waals surface area contributed by atoms with Crippen LogP contribution >= 0.6 is 0 Å². The summed E-state index contributed by atoms with van der Waals surface area (Å²) in [6.07, 6.45) is 3.16. The molecule has 0 bridgehead atoms. The Hall–Kier alpha value is -4.66. The molecule has 2 aromatic carbocycles. The van der Waals surface area contributed by atoms with E-state index in [9.17, 15) is 9.59 Å². The van der Waals surface area contributed by atoms with Gasteiger partial charge in [0.2, 0.25) is 0 Å². The van der Waals surface area contributed by atoms with Crippen LogP contribution in [0.5, 0.6) is 11.5 Å². The van der Waals surface area contributed by atoms with Crippen LogP contribution in [0.25, 0.3) is 5.82 Å². The van der Waals surface area contributed by atoms with Crippen molar-refractivity contribution >= 4 is 23.2 Å². The third kappa shape index (κ3) is 5.35. The molecule has 0 aliphatic rings. The zero-order valence-corrected chi connectivity index (χ0v) is 20.3. The highest BCUT2D eigenvalue weighted by Crippen LogP contribution is 2.37. The number of ether oxygens (including phenoxy) is 2. The lowest BCUT2D eigenvalue weighted by Gasteiger charge is -2.18. The summed E-state index contributed by atoms with van der Waals surface area (Å²) >= 11 is 0. The van der Waals surface area contributed by atoms with Crippen molar-refractivity contribution in [3.05, 3.63) is 89.9 Å². The van der Waals surface area contributed by atoms with Crippen molar-refractivity contribution in [1.82, 2.24) is 14.8 Å². The van der Waals surface area contributed by atoms with Gasteiger partial charge in [-0.25, -0.2) is 9.67 Å². The summed E-state index contributed by atoms with van der Waals surface area (Å²) in [6, 6.07) is 17.6.